The Balaban J connectivity index is 1.60. The molecule has 51 heavy (non-hydrogen) atoms. The highest BCUT2D eigenvalue weighted by Gasteiger charge is 2.60. The molecule has 0 radical (unpaired) electrons. The standard InChI is InChI=1S/C30H44N2O19/c1-11(35)32-17-13(36)7-30(29(45)46,50-23(17)18(38)14(37)8-31-26(43)12-5-3-2-4-6-12)51-25-20(40)16(10-34)48-28(22(25)42)49-24-19(39)15(9-33)47-27(44)21(24)41/h2-6,13-25,27-28,33-34,36-42,44H,7-10H2,1H3,(H,31,43)(H,32,35)(H,45,46)/t13-,14+,15+,16+,17+,18+,19-,20-,21+,22+,23+,24-,25-,27+,28-,30-/m0/s1. The highest BCUT2D eigenvalue weighted by Crippen LogP contribution is 2.38. The van der Waals surface area contributed by atoms with Gasteiger partial charge in [-0.2, -0.15) is 0 Å². The number of carbonyl (C=O) groups is 3. The SMILES string of the molecule is CC(=O)N[C@H]1[C@H]([C@H](O)[C@H](O)CNC(=O)c2ccccc2)O[C@@](O[C@H]2[C@@H](O)[C@@H](CO)O[C@@H](O[C@@H]3[C@@H](O)[C@H](O)O[C@H](CO)[C@@H]3O)[C@@H]2O)(C(=O)O)C[C@@H]1O. The summed E-state index contributed by atoms with van der Waals surface area (Å²) in [5, 5.41) is 121. The molecule has 21 heteroatoms. The first kappa shape index (κ1) is 40.8. The molecule has 13 N–H and O–H groups in total. The van der Waals surface area contributed by atoms with Gasteiger partial charge < -0.3 is 90.5 Å². The van der Waals surface area contributed by atoms with Crippen LogP contribution in [0.2, 0.25) is 0 Å². The smallest absolute Gasteiger partial charge is 0.364 e. The molecule has 1 aromatic rings. The van der Waals surface area contributed by atoms with Gasteiger partial charge in [-0.05, 0) is 12.1 Å². The zero-order chi connectivity index (χ0) is 37.8. The Hall–Kier alpha value is -2.97. The molecule has 0 bridgehead atoms. The van der Waals surface area contributed by atoms with E-state index in [2.05, 4.69) is 10.6 Å². The van der Waals surface area contributed by atoms with E-state index >= 15 is 0 Å². The first-order chi connectivity index (χ1) is 24.0. The van der Waals surface area contributed by atoms with E-state index in [0.29, 0.717) is 0 Å². The van der Waals surface area contributed by atoms with Crippen LogP contribution in [0, 0.1) is 0 Å². The number of carbonyl (C=O) groups excluding carboxylic acids is 2. The number of aliphatic carboxylic acids is 1. The molecular formula is C30H44N2O19. The fraction of sp³-hybridized carbons (Fsp3) is 0.700. The summed E-state index contributed by atoms with van der Waals surface area (Å²) in [5.41, 5.74) is 0.209. The minimum atomic E-state index is -3.07. The lowest BCUT2D eigenvalue weighted by Crippen LogP contribution is -2.71. The lowest BCUT2D eigenvalue weighted by atomic mass is 9.88. The minimum absolute atomic E-state index is 0.209. The molecule has 0 aliphatic carbocycles. The number of ether oxygens (including phenoxy) is 5. The highest BCUT2D eigenvalue weighted by molar-refractivity contribution is 5.94. The van der Waals surface area contributed by atoms with Gasteiger partial charge in [-0.1, -0.05) is 18.2 Å². The first-order valence-corrected chi connectivity index (χ1v) is 15.9. The largest absolute Gasteiger partial charge is 0.477 e. The van der Waals surface area contributed by atoms with E-state index in [1.807, 2.05) is 0 Å². The number of carboxylic acids is 1. The Morgan fingerprint density at radius 2 is 1.51 bits per heavy atom. The van der Waals surface area contributed by atoms with Gasteiger partial charge in [-0.15, -0.1) is 0 Å². The number of aliphatic hydroxyl groups excluding tert-OH is 10. The average Bonchev–Trinajstić information content (AvgIpc) is 3.10. The van der Waals surface area contributed by atoms with Gasteiger partial charge in [0.1, 0.15) is 61.0 Å². The molecule has 0 saturated carbocycles. The van der Waals surface area contributed by atoms with Gasteiger partial charge >= 0.3 is 5.97 Å². The Morgan fingerprint density at radius 1 is 0.902 bits per heavy atom. The van der Waals surface area contributed by atoms with E-state index < -0.39 is 142 Å². The molecule has 3 saturated heterocycles. The van der Waals surface area contributed by atoms with Gasteiger partial charge in [-0.25, -0.2) is 4.79 Å². The summed E-state index contributed by atoms with van der Waals surface area (Å²) >= 11 is 0. The summed E-state index contributed by atoms with van der Waals surface area (Å²) < 4.78 is 27.1. The molecule has 3 fully saturated rings. The van der Waals surface area contributed by atoms with Gasteiger partial charge in [0.15, 0.2) is 12.6 Å². The molecule has 3 heterocycles. The summed E-state index contributed by atoms with van der Waals surface area (Å²) in [6, 6.07) is 6.20. The molecular weight excluding hydrogens is 692 g/mol. The second kappa shape index (κ2) is 17.2. The fourth-order valence-electron chi connectivity index (χ4n) is 6.06. The number of rotatable bonds is 13. The molecule has 4 rings (SSSR count). The molecule has 21 nitrogen and oxygen atoms in total. The Labute approximate surface area is 289 Å². The molecule has 0 spiro atoms. The van der Waals surface area contributed by atoms with Gasteiger partial charge in [-0.3, -0.25) is 9.59 Å². The third kappa shape index (κ3) is 8.98. The minimum Gasteiger partial charge on any atom is -0.477 e. The zero-order valence-electron chi connectivity index (χ0n) is 27.1. The maximum atomic E-state index is 12.8. The molecule has 16 atom stereocenters. The van der Waals surface area contributed by atoms with E-state index in [1.54, 1.807) is 18.2 Å². The predicted molar refractivity (Wildman–Crippen MR) is 162 cm³/mol. The molecule has 1 aromatic carbocycles. The van der Waals surface area contributed by atoms with Crippen molar-refractivity contribution in [2.24, 2.45) is 0 Å². The van der Waals surface area contributed by atoms with Crippen LogP contribution >= 0.6 is 0 Å². The normalized spacial score (nSPS) is 39.8. The summed E-state index contributed by atoms with van der Waals surface area (Å²) in [6.07, 6.45) is -28.2. The third-order valence-corrected chi connectivity index (χ3v) is 8.79. The van der Waals surface area contributed by atoms with Crippen molar-refractivity contribution in [1.82, 2.24) is 10.6 Å². The zero-order valence-corrected chi connectivity index (χ0v) is 27.1. The van der Waals surface area contributed by atoms with Crippen LogP contribution in [-0.2, 0) is 33.3 Å². The van der Waals surface area contributed by atoms with Gasteiger partial charge in [0, 0.05) is 25.5 Å². The summed E-state index contributed by atoms with van der Waals surface area (Å²) in [4.78, 5) is 37.4. The molecule has 3 aliphatic heterocycles. The number of hydrogen-bond acceptors (Lipinski definition) is 18. The van der Waals surface area contributed by atoms with E-state index in [4.69, 9.17) is 23.7 Å². The van der Waals surface area contributed by atoms with Crippen molar-refractivity contribution in [1.29, 1.82) is 0 Å². The molecule has 0 aromatic heterocycles. The maximum absolute atomic E-state index is 12.8. The number of aliphatic hydroxyl groups is 10. The number of hydrogen-bond donors (Lipinski definition) is 13. The lowest BCUT2D eigenvalue weighted by molar-refractivity contribution is -0.385. The molecule has 288 valence electrons. The number of amides is 2. The fourth-order valence-corrected chi connectivity index (χ4v) is 6.06. The maximum Gasteiger partial charge on any atom is 0.364 e. The van der Waals surface area contributed by atoms with Crippen molar-refractivity contribution in [3.63, 3.8) is 0 Å². The van der Waals surface area contributed by atoms with E-state index in [1.165, 1.54) is 12.1 Å². The Bertz CT molecular complexity index is 1330. The van der Waals surface area contributed by atoms with Crippen molar-refractivity contribution >= 4 is 17.8 Å². The monoisotopic (exact) mass is 736 g/mol. The van der Waals surface area contributed by atoms with Crippen molar-refractivity contribution in [3.05, 3.63) is 35.9 Å². The van der Waals surface area contributed by atoms with Gasteiger partial charge in [0.2, 0.25) is 5.91 Å². The van der Waals surface area contributed by atoms with Crippen molar-refractivity contribution < 1.29 is 94.2 Å². The third-order valence-electron chi connectivity index (χ3n) is 8.79. The predicted octanol–water partition coefficient (Wildman–Crippen LogP) is -6.79. The number of benzene rings is 1. The topological polar surface area (TPSA) is 344 Å². The van der Waals surface area contributed by atoms with Crippen LogP contribution in [0.25, 0.3) is 0 Å². The van der Waals surface area contributed by atoms with E-state index in [0.717, 1.165) is 6.92 Å². The van der Waals surface area contributed by atoms with Crippen LogP contribution in [0.15, 0.2) is 30.3 Å². The first-order valence-electron chi connectivity index (χ1n) is 15.9. The van der Waals surface area contributed by atoms with Crippen LogP contribution in [-0.4, -0.2) is 191 Å². The molecule has 2 amide bonds. The molecule has 0 unspecified atom stereocenters. The van der Waals surface area contributed by atoms with Crippen LogP contribution in [0.5, 0.6) is 0 Å². The van der Waals surface area contributed by atoms with Crippen molar-refractivity contribution in [3.8, 4) is 0 Å². The number of carboxylic acid groups (broad SMARTS) is 1. The summed E-state index contributed by atoms with van der Waals surface area (Å²) in [5.74, 6) is -6.47. The van der Waals surface area contributed by atoms with Crippen molar-refractivity contribution in [2.75, 3.05) is 19.8 Å². The second-order valence-corrected chi connectivity index (χ2v) is 12.4. The quantitative estimate of drug-likeness (QED) is 0.0895. The van der Waals surface area contributed by atoms with Crippen LogP contribution in [0.4, 0.5) is 0 Å². The van der Waals surface area contributed by atoms with Crippen LogP contribution < -0.4 is 10.6 Å². The summed E-state index contributed by atoms with van der Waals surface area (Å²) in [6.45, 7) is -1.42. The van der Waals surface area contributed by atoms with E-state index in [9.17, 15) is 70.6 Å². The average molecular weight is 737 g/mol. The Kier molecular flexibility index (Phi) is 13.8. The van der Waals surface area contributed by atoms with Gasteiger partial charge in [0.05, 0.1) is 31.5 Å². The van der Waals surface area contributed by atoms with Crippen LogP contribution in [0.1, 0.15) is 23.7 Å². The van der Waals surface area contributed by atoms with Gasteiger partial charge in [0.25, 0.3) is 11.7 Å². The number of nitrogens with one attached hydrogen (secondary N) is 2. The second-order valence-electron chi connectivity index (χ2n) is 12.4. The lowest BCUT2D eigenvalue weighted by Gasteiger charge is -2.50. The van der Waals surface area contributed by atoms with Crippen molar-refractivity contribution in [2.45, 2.75) is 111 Å². The van der Waals surface area contributed by atoms with Crippen LogP contribution in [0.3, 0.4) is 0 Å². The molecule has 3 aliphatic rings. The highest BCUT2D eigenvalue weighted by atomic mass is 16.8. The summed E-state index contributed by atoms with van der Waals surface area (Å²) in [7, 11) is 0. The van der Waals surface area contributed by atoms with E-state index in [-0.39, 0.29) is 5.56 Å². The Morgan fingerprint density at radius 3 is 2.10 bits per heavy atom.